The topological polar surface area (TPSA) is 66.4 Å². The molecule has 1 aliphatic carbocycles. The maximum absolute atomic E-state index is 13.0. The van der Waals surface area contributed by atoms with Crippen LogP contribution >= 0.6 is 0 Å². The Labute approximate surface area is 121 Å². The molecule has 1 aromatic rings. The molecule has 1 fully saturated rings. The first kappa shape index (κ1) is 15.4. The summed E-state index contributed by atoms with van der Waals surface area (Å²) in [6.45, 7) is 0. The molecule has 1 aromatic carbocycles. The van der Waals surface area contributed by atoms with Crippen molar-refractivity contribution in [2.45, 2.75) is 44.1 Å². The van der Waals surface area contributed by atoms with Gasteiger partial charge in [-0.2, -0.15) is 0 Å². The number of aliphatic carboxylic acids is 1. The van der Waals surface area contributed by atoms with Gasteiger partial charge in [0.25, 0.3) is 0 Å². The number of benzene rings is 1. The molecule has 0 unspecified atom stereocenters. The fourth-order valence-corrected chi connectivity index (χ4v) is 2.40. The van der Waals surface area contributed by atoms with Gasteiger partial charge in [0, 0.05) is 6.42 Å². The van der Waals surface area contributed by atoms with E-state index in [1.807, 2.05) is 0 Å². The lowest BCUT2D eigenvalue weighted by Crippen LogP contribution is -2.59. The highest BCUT2D eigenvalue weighted by atomic mass is 19.2. The second-order valence-corrected chi connectivity index (χ2v) is 5.39. The highest BCUT2D eigenvalue weighted by Gasteiger charge is 2.45. The van der Waals surface area contributed by atoms with Gasteiger partial charge in [0.05, 0.1) is 0 Å². The number of aryl methyl sites for hydroxylation is 1. The van der Waals surface area contributed by atoms with Crippen molar-refractivity contribution < 1.29 is 23.5 Å². The third kappa shape index (κ3) is 3.56. The summed E-state index contributed by atoms with van der Waals surface area (Å²) in [5, 5.41) is 11.7. The number of carbonyl (C=O) groups excluding carboxylic acids is 1. The second-order valence-electron chi connectivity index (χ2n) is 5.39. The summed E-state index contributed by atoms with van der Waals surface area (Å²) in [7, 11) is 0. The summed E-state index contributed by atoms with van der Waals surface area (Å²) in [5.41, 5.74) is -0.489. The van der Waals surface area contributed by atoms with Crippen LogP contribution in [-0.4, -0.2) is 22.5 Å². The van der Waals surface area contributed by atoms with Crippen molar-refractivity contribution in [1.29, 1.82) is 0 Å². The third-order valence-electron chi connectivity index (χ3n) is 3.85. The second kappa shape index (κ2) is 6.20. The van der Waals surface area contributed by atoms with E-state index in [1.54, 1.807) is 0 Å². The van der Waals surface area contributed by atoms with Crippen LogP contribution in [0.15, 0.2) is 18.2 Å². The van der Waals surface area contributed by atoms with Crippen LogP contribution in [0.4, 0.5) is 8.78 Å². The lowest BCUT2D eigenvalue weighted by molar-refractivity contribution is -0.151. The molecular formula is C15H17F2NO3. The Morgan fingerprint density at radius 2 is 1.95 bits per heavy atom. The van der Waals surface area contributed by atoms with E-state index in [2.05, 4.69) is 5.32 Å². The van der Waals surface area contributed by atoms with Gasteiger partial charge < -0.3 is 10.4 Å². The average Bonchev–Trinajstić information content (AvgIpc) is 2.37. The molecule has 2 rings (SSSR count). The van der Waals surface area contributed by atoms with Crippen LogP contribution in [-0.2, 0) is 16.0 Å². The smallest absolute Gasteiger partial charge is 0.329 e. The Bertz CT molecular complexity index is 556. The number of carboxylic acids is 1. The molecular weight excluding hydrogens is 280 g/mol. The van der Waals surface area contributed by atoms with Crippen molar-refractivity contribution >= 4 is 11.9 Å². The lowest BCUT2D eigenvalue weighted by Gasteiger charge is -2.38. The molecule has 0 heterocycles. The zero-order valence-corrected chi connectivity index (χ0v) is 11.5. The number of carboxylic acid groups (broad SMARTS) is 1. The molecule has 21 heavy (non-hydrogen) atoms. The maximum Gasteiger partial charge on any atom is 0.329 e. The van der Waals surface area contributed by atoms with Gasteiger partial charge in [0.1, 0.15) is 5.54 Å². The number of hydrogen-bond acceptors (Lipinski definition) is 2. The molecule has 0 aliphatic heterocycles. The molecule has 0 saturated heterocycles. The first-order chi connectivity index (χ1) is 9.93. The SMILES string of the molecule is O=C(CCCc1ccc(F)c(F)c1)NC1(C(=O)O)CCC1. The van der Waals surface area contributed by atoms with Gasteiger partial charge in [-0.15, -0.1) is 0 Å². The summed E-state index contributed by atoms with van der Waals surface area (Å²) < 4.78 is 25.8. The molecule has 1 saturated carbocycles. The summed E-state index contributed by atoms with van der Waals surface area (Å²) in [6.07, 6.45) is 2.75. The molecule has 0 radical (unpaired) electrons. The Morgan fingerprint density at radius 1 is 1.24 bits per heavy atom. The molecule has 0 spiro atoms. The van der Waals surface area contributed by atoms with Crippen molar-refractivity contribution in [3.05, 3.63) is 35.4 Å². The van der Waals surface area contributed by atoms with Gasteiger partial charge in [-0.25, -0.2) is 13.6 Å². The number of carbonyl (C=O) groups is 2. The molecule has 4 nitrogen and oxygen atoms in total. The van der Waals surface area contributed by atoms with E-state index in [0.29, 0.717) is 31.2 Å². The van der Waals surface area contributed by atoms with Crippen molar-refractivity contribution in [1.82, 2.24) is 5.32 Å². The minimum atomic E-state index is -1.10. The molecule has 114 valence electrons. The van der Waals surface area contributed by atoms with E-state index in [9.17, 15) is 18.4 Å². The molecule has 6 heteroatoms. The Hall–Kier alpha value is -1.98. The van der Waals surface area contributed by atoms with E-state index in [1.165, 1.54) is 6.07 Å². The predicted octanol–water partition coefficient (Wildman–Crippen LogP) is 2.41. The monoisotopic (exact) mass is 297 g/mol. The summed E-state index contributed by atoms with van der Waals surface area (Å²) >= 11 is 0. The van der Waals surface area contributed by atoms with Crippen molar-refractivity contribution in [3.63, 3.8) is 0 Å². The van der Waals surface area contributed by atoms with Gasteiger partial charge in [0.15, 0.2) is 11.6 Å². The van der Waals surface area contributed by atoms with Crippen LogP contribution in [0.1, 0.15) is 37.7 Å². The van der Waals surface area contributed by atoms with Gasteiger partial charge in [0.2, 0.25) is 5.91 Å². The molecule has 1 aliphatic rings. The summed E-state index contributed by atoms with van der Waals surface area (Å²) in [5.74, 6) is -3.12. The van der Waals surface area contributed by atoms with Crippen molar-refractivity contribution in [2.75, 3.05) is 0 Å². The zero-order valence-electron chi connectivity index (χ0n) is 11.5. The largest absolute Gasteiger partial charge is 0.480 e. The lowest BCUT2D eigenvalue weighted by atomic mass is 9.76. The van der Waals surface area contributed by atoms with E-state index >= 15 is 0 Å². The number of halogens is 2. The highest BCUT2D eigenvalue weighted by Crippen LogP contribution is 2.32. The standard InChI is InChI=1S/C15H17F2NO3/c16-11-6-5-10(9-12(11)17)3-1-4-13(19)18-15(14(20)21)7-2-8-15/h5-6,9H,1-4,7-8H2,(H,18,19)(H,20,21). The molecule has 1 amide bonds. The Morgan fingerprint density at radius 3 is 2.48 bits per heavy atom. The molecule has 0 atom stereocenters. The normalized spacial score (nSPS) is 16.1. The Kier molecular flexibility index (Phi) is 4.55. The average molecular weight is 297 g/mol. The quantitative estimate of drug-likeness (QED) is 0.847. The molecule has 2 N–H and O–H groups in total. The van der Waals surface area contributed by atoms with Crippen molar-refractivity contribution in [2.24, 2.45) is 0 Å². The van der Waals surface area contributed by atoms with Crippen LogP contribution in [0.25, 0.3) is 0 Å². The third-order valence-corrected chi connectivity index (χ3v) is 3.85. The van der Waals surface area contributed by atoms with Crippen molar-refractivity contribution in [3.8, 4) is 0 Å². The highest BCUT2D eigenvalue weighted by molar-refractivity contribution is 5.87. The molecule has 0 aromatic heterocycles. The van der Waals surface area contributed by atoms with Crippen LogP contribution in [0, 0.1) is 11.6 Å². The number of rotatable bonds is 6. The van der Waals surface area contributed by atoms with Gasteiger partial charge in [-0.1, -0.05) is 6.07 Å². The number of hydrogen-bond donors (Lipinski definition) is 2. The van der Waals surface area contributed by atoms with E-state index in [0.717, 1.165) is 18.6 Å². The molecule has 0 bridgehead atoms. The zero-order chi connectivity index (χ0) is 15.5. The first-order valence-corrected chi connectivity index (χ1v) is 6.91. The summed E-state index contributed by atoms with van der Waals surface area (Å²) in [4.78, 5) is 22.9. The number of nitrogens with one attached hydrogen (secondary N) is 1. The fraction of sp³-hybridized carbons (Fsp3) is 0.467. The van der Waals surface area contributed by atoms with Gasteiger partial charge in [-0.05, 0) is 49.8 Å². The summed E-state index contributed by atoms with van der Waals surface area (Å²) in [6, 6.07) is 3.64. The number of amides is 1. The van der Waals surface area contributed by atoms with Crippen LogP contribution < -0.4 is 5.32 Å². The van der Waals surface area contributed by atoms with Gasteiger partial charge >= 0.3 is 5.97 Å². The maximum atomic E-state index is 13.0. The minimum Gasteiger partial charge on any atom is -0.480 e. The first-order valence-electron chi connectivity index (χ1n) is 6.91. The van der Waals surface area contributed by atoms with Gasteiger partial charge in [-0.3, -0.25) is 4.79 Å². The fourth-order valence-electron chi connectivity index (χ4n) is 2.40. The predicted molar refractivity (Wildman–Crippen MR) is 71.7 cm³/mol. The van der Waals surface area contributed by atoms with Crippen LogP contribution in [0.2, 0.25) is 0 Å². The van der Waals surface area contributed by atoms with E-state index in [4.69, 9.17) is 5.11 Å². The van der Waals surface area contributed by atoms with Crippen LogP contribution in [0.3, 0.4) is 0 Å². The minimum absolute atomic E-state index is 0.161. The van der Waals surface area contributed by atoms with E-state index in [-0.39, 0.29) is 12.3 Å². The van der Waals surface area contributed by atoms with E-state index < -0.39 is 23.1 Å². The van der Waals surface area contributed by atoms with Crippen LogP contribution in [0.5, 0.6) is 0 Å². The Balaban J connectivity index is 1.79.